The minimum atomic E-state index is -0.0800. The topological polar surface area (TPSA) is 50.3 Å². The number of anilines is 2. The minimum absolute atomic E-state index is 0.0800. The summed E-state index contributed by atoms with van der Waals surface area (Å²) in [5.74, 6) is 2.71. The van der Waals surface area contributed by atoms with E-state index < -0.39 is 0 Å². The third-order valence-corrected chi connectivity index (χ3v) is 3.27. The molecule has 0 aliphatic rings. The second kappa shape index (κ2) is 7.07. The van der Waals surface area contributed by atoms with Gasteiger partial charge in [-0.25, -0.2) is 9.97 Å². The summed E-state index contributed by atoms with van der Waals surface area (Å²) in [5, 5.41) is 3.17. The summed E-state index contributed by atoms with van der Waals surface area (Å²) in [6.45, 7) is 14.0. The highest BCUT2D eigenvalue weighted by atomic mass is 16.5. The van der Waals surface area contributed by atoms with Crippen molar-refractivity contribution in [3.05, 3.63) is 11.4 Å². The van der Waals surface area contributed by atoms with E-state index in [0.29, 0.717) is 6.61 Å². The molecule has 0 aliphatic heterocycles. The second-order valence-corrected chi connectivity index (χ2v) is 6.69. The molecule has 0 saturated carbocycles. The average molecular weight is 294 g/mol. The lowest BCUT2D eigenvalue weighted by atomic mass is 9.95. The van der Waals surface area contributed by atoms with E-state index in [1.54, 1.807) is 0 Å². The third kappa shape index (κ3) is 4.84. The Morgan fingerprint density at radius 2 is 1.86 bits per heavy atom. The standard InChI is InChI=1S/C16H30N4O/c1-11(2)21-10-9-20(8)14-12(3)13(17-7)18-15(19-14)16(4,5)6/h11H,9-10H2,1-8H3,(H,17,18,19). The minimum Gasteiger partial charge on any atom is -0.377 e. The number of nitrogens with one attached hydrogen (secondary N) is 1. The molecule has 21 heavy (non-hydrogen) atoms. The molecule has 0 bridgehead atoms. The van der Waals surface area contributed by atoms with E-state index in [1.165, 1.54) is 0 Å². The van der Waals surface area contributed by atoms with Gasteiger partial charge in [0.05, 0.1) is 12.7 Å². The Balaban J connectivity index is 3.04. The Labute approximate surface area is 129 Å². The molecule has 1 rings (SSSR count). The molecule has 0 radical (unpaired) electrons. The van der Waals surface area contributed by atoms with Crippen LogP contribution < -0.4 is 10.2 Å². The molecule has 5 heteroatoms. The lowest BCUT2D eigenvalue weighted by Crippen LogP contribution is -2.28. The van der Waals surface area contributed by atoms with Crippen molar-refractivity contribution in [3.8, 4) is 0 Å². The zero-order chi connectivity index (χ0) is 16.2. The molecule has 1 aromatic rings. The molecule has 0 spiro atoms. The van der Waals surface area contributed by atoms with Gasteiger partial charge in [0.2, 0.25) is 0 Å². The summed E-state index contributed by atoms with van der Waals surface area (Å²) in [5.41, 5.74) is 0.987. The molecule has 1 aromatic heterocycles. The van der Waals surface area contributed by atoms with Gasteiger partial charge in [0.1, 0.15) is 17.5 Å². The van der Waals surface area contributed by atoms with Gasteiger partial charge >= 0.3 is 0 Å². The number of nitrogens with zero attached hydrogens (tertiary/aromatic N) is 3. The molecule has 0 saturated heterocycles. The van der Waals surface area contributed by atoms with Crippen molar-refractivity contribution >= 4 is 11.6 Å². The number of hydrogen-bond acceptors (Lipinski definition) is 5. The van der Waals surface area contributed by atoms with E-state index in [1.807, 2.05) is 34.9 Å². The van der Waals surface area contributed by atoms with Crippen LogP contribution >= 0.6 is 0 Å². The number of hydrogen-bond donors (Lipinski definition) is 1. The van der Waals surface area contributed by atoms with E-state index in [2.05, 4.69) is 36.0 Å². The third-order valence-electron chi connectivity index (χ3n) is 3.27. The Kier molecular flexibility index (Phi) is 5.96. The molecular formula is C16H30N4O. The lowest BCUT2D eigenvalue weighted by Gasteiger charge is -2.25. The van der Waals surface area contributed by atoms with Crippen LogP contribution in [0.25, 0.3) is 0 Å². The van der Waals surface area contributed by atoms with Crippen LogP contribution in [0.4, 0.5) is 11.6 Å². The van der Waals surface area contributed by atoms with Crippen LogP contribution in [0.3, 0.4) is 0 Å². The Hall–Kier alpha value is -1.36. The first-order valence-corrected chi connectivity index (χ1v) is 7.56. The normalized spacial score (nSPS) is 11.9. The molecule has 0 amide bonds. The molecule has 0 aromatic carbocycles. The van der Waals surface area contributed by atoms with Crippen LogP contribution in [0.15, 0.2) is 0 Å². The first kappa shape index (κ1) is 17.7. The van der Waals surface area contributed by atoms with E-state index in [-0.39, 0.29) is 11.5 Å². The van der Waals surface area contributed by atoms with E-state index in [0.717, 1.165) is 29.6 Å². The summed E-state index contributed by atoms with van der Waals surface area (Å²) in [6, 6.07) is 0. The van der Waals surface area contributed by atoms with Crippen molar-refractivity contribution in [1.29, 1.82) is 0 Å². The molecule has 0 unspecified atom stereocenters. The zero-order valence-electron chi connectivity index (χ0n) is 14.7. The monoisotopic (exact) mass is 294 g/mol. The van der Waals surface area contributed by atoms with Crippen molar-refractivity contribution in [2.24, 2.45) is 0 Å². The molecule has 1 heterocycles. The SMILES string of the molecule is CNc1nc(C(C)(C)C)nc(N(C)CCOC(C)C)c1C. The lowest BCUT2D eigenvalue weighted by molar-refractivity contribution is 0.0845. The van der Waals surface area contributed by atoms with Crippen LogP contribution in [0.5, 0.6) is 0 Å². The fourth-order valence-corrected chi connectivity index (χ4v) is 1.99. The average Bonchev–Trinajstić information content (AvgIpc) is 2.36. The van der Waals surface area contributed by atoms with Crippen LogP contribution in [-0.2, 0) is 10.2 Å². The number of likely N-dealkylation sites (N-methyl/N-ethyl adjacent to an activating group) is 1. The molecule has 5 nitrogen and oxygen atoms in total. The van der Waals surface area contributed by atoms with Gasteiger partial charge in [-0.2, -0.15) is 0 Å². The molecule has 0 atom stereocenters. The van der Waals surface area contributed by atoms with Crippen molar-refractivity contribution < 1.29 is 4.74 Å². The fourth-order valence-electron chi connectivity index (χ4n) is 1.99. The molecule has 1 N–H and O–H groups in total. The highest BCUT2D eigenvalue weighted by Crippen LogP contribution is 2.27. The van der Waals surface area contributed by atoms with Gasteiger partial charge in [-0.1, -0.05) is 20.8 Å². The van der Waals surface area contributed by atoms with Crippen LogP contribution in [0.2, 0.25) is 0 Å². The Morgan fingerprint density at radius 1 is 1.24 bits per heavy atom. The summed E-state index contributed by atoms with van der Waals surface area (Å²) >= 11 is 0. The van der Waals surface area contributed by atoms with Gasteiger partial charge in [-0.05, 0) is 20.8 Å². The first-order chi connectivity index (χ1) is 9.66. The van der Waals surface area contributed by atoms with E-state index in [4.69, 9.17) is 9.72 Å². The predicted octanol–water partition coefficient (Wildman–Crippen LogP) is 2.99. The van der Waals surface area contributed by atoms with Crippen LogP contribution in [-0.4, -0.2) is 43.3 Å². The Bertz CT molecular complexity index is 466. The van der Waals surface area contributed by atoms with Gasteiger partial charge in [-0.15, -0.1) is 0 Å². The summed E-state index contributed by atoms with van der Waals surface area (Å²) in [7, 11) is 3.94. The smallest absolute Gasteiger partial charge is 0.138 e. The number of ether oxygens (including phenoxy) is 1. The first-order valence-electron chi connectivity index (χ1n) is 7.56. The van der Waals surface area contributed by atoms with Crippen LogP contribution in [0.1, 0.15) is 46.0 Å². The maximum Gasteiger partial charge on any atom is 0.138 e. The van der Waals surface area contributed by atoms with Crippen molar-refractivity contribution in [2.75, 3.05) is 37.5 Å². The summed E-state index contributed by atoms with van der Waals surface area (Å²) in [6.07, 6.45) is 0.253. The van der Waals surface area contributed by atoms with Crippen molar-refractivity contribution in [2.45, 2.75) is 53.1 Å². The molecular weight excluding hydrogens is 264 g/mol. The maximum absolute atomic E-state index is 5.63. The van der Waals surface area contributed by atoms with Crippen molar-refractivity contribution in [1.82, 2.24) is 9.97 Å². The quantitative estimate of drug-likeness (QED) is 0.874. The highest BCUT2D eigenvalue weighted by Gasteiger charge is 2.22. The predicted molar refractivity (Wildman–Crippen MR) is 89.4 cm³/mol. The van der Waals surface area contributed by atoms with Gasteiger partial charge in [-0.3, -0.25) is 0 Å². The fraction of sp³-hybridized carbons (Fsp3) is 0.750. The van der Waals surface area contributed by atoms with Crippen molar-refractivity contribution in [3.63, 3.8) is 0 Å². The van der Waals surface area contributed by atoms with E-state index in [9.17, 15) is 0 Å². The molecule has 0 aliphatic carbocycles. The van der Waals surface area contributed by atoms with Crippen LogP contribution in [0, 0.1) is 6.92 Å². The maximum atomic E-state index is 5.63. The largest absolute Gasteiger partial charge is 0.377 e. The highest BCUT2D eigenvalue weighted by molar-refractivity contribution is 5.58. The van der Waals surface area contributed by atoms with Gasteiger partial charge in [0.15, 0.2) is 0 Å². The van der Waals surface area contributed by atoms with Gasteiger partial charge in [0, 0.05) is 31.6 Å². The number of rotatable bonds is 6. The molecule has 0 fully saturated rings. The Morgan fingerprint density at radius 3 is 2.33 bits per heavy atom. The van der Waals surface area contributed by atoms with Gasteiger partial charge < -0.3 is 15.0 Å². The van der Waals surface area contributed by atoms with Gasteiger partial charge in [0.25, 0.3) is 0 Å². The number of aromatic nitrogens is 2. The summed E-state index contributed by atoms with van der Waals surface area (Å²) < 4.78 is 5.63. The molecule has 120 valence electrons. The zero-order valence-corrected chi connectivity index (χ0v) is 14.7. The van der Waals surface area contributed by atoms with E-state index >= 15 is 0 Å². The summed E-state index contributed by atoms with van der Waals surface area (Å²) in [4.78, 5) is 11.5. The second-order valence-electron chi connectivity index (χ2n) is 6.69.